The molecule has 0 unspecified atom stereocenters. The number of thiophene rings is 1. The van der Waals surface area contributed by atoms with Crippen LogP contribution < -0.4 is 0 Å². The average molecular weight is 329 g/mol. The van der Waals surface area contributed by atoms with Crippen LogP contribution in [0.1, 0.15) is 22.8 Å². The minimum absolute atomic E-state index is 0.0889. The zero-order valence-electron chi connectivity index (χ0n) is 11.6. The van der Waals surface area contributed by atoms with Crippen LogP contribution in [0, 0.1) is 0 Å². The molecule has 0 aliphatic carbocycles. The van der Waals surface area contributed by atoms with E-state index in [2.05, 4.69) is 10.2 Å². The number of H-pyrrole nitrogens is 1. The van der Waals surface area contributed by atoms with Crippen LogP contribution in [0.5, 0.6) is 0 Å². The van der Waals surface area contributed by atoms with Gasteiger partial charge in [-0.1, -0.05) is 0 Å². The molecule has 0 aliphatic heterocycles. The van der Waals surface area contributed by atoms with Crippen molar-refractivity contribution in [3.63, 3.8) is 0 Å². The van der Waals surface area contributed by atoms with E-state index in [9.17, 15) is 13.2 Å². The van der Waals surface area contributed by atoms with Gasteiger partial charge in [0.05, 0.1) is 12.8 Å². The van der Waals surface area contributed by atoms with E-state index in [0.717, 1.165) is 16.1 Å². The lowest BCUT2D eigenvalue weighted by Crippen LogP contribution is -2.28. The summed E-state index contributed by atoms with van der Waals surface area (Å²) < 4.78 is 31.0. The minimum Gasteiger partial charge on any atom is -0.462 e. The van der Waals surface area contributed by atoms with Crippen molar-refractivity contribution in [3.8, 4) is 0 Å². The van der Waals surface area contributed by atoms with E-state index >= 15 is 0 Å². The number of rotatable bonds is 6. The fourth-order valence-electron chi connectivity index (χ4n) is 1.71. The molecule has 2 aromatic heterocycles. The molecule has 0 bridgehead atoms. The Bertz CT molecular complexity index is 707. The van der Waals surface area contributed by atoms with E-state index in [0.29, 0.717) is 0 Å². The van der Waals surface area contributed by atoms with Gasteiger partial charge in [-0.15, -0.1) is 0 Å². The Balaban J connectivity index is 2.27. The highest BCUT2D eigenvalue weighted by Gasteiger charge is 2.29. The van der Waals surface area contributed by atoms with Gasteiger partial charge in [-0.05, 0) is 29.3 Å². The fraction of sp³-hybridized carbons (Fsp3) is 0.333. The van der Waals surface area contributed by atoms with Crippen LogP contribution in [0.4, 0.5) is 0 Å². The number of hydrogen-bond acceptors (Lipinski definition) is 6. The van der Waals surface area contributed by atoms with Gasteiger partial charge in [0.25, 0.3) is 10.0 Å². The van der Waals surface area contributed by atoms with E-state index in [1.807, 2.05) is 16.8 Å². The fourth-order valence-corrected chi connectivity index (χ4v) is 3.58. The van der Waals surface area contributed by atoms with Crippen LogP contribution in [0.15, 0.2) is 28.0 Å². The second-order valence-electron chi connectivity index (χ2n) is 4.23. The van der Waals surface area contributed by atoms with E-state index < -0.39 is 16.0 Å². The molecular weight excluding hydrogens is 314 g/mol. The molecule has 0 aromatic carbocycles. The van der Waals surface area contributed by atoms with Gasteiger partial charge >= 0.3 is 5.97 Å². The molecule has 0 saturated carbocycles. The number of aromatic nitrogens is 2. The molecule has 0 aliphatic rings. The third-order valence-corrected chi connectivity index (χ3v) is 5.26. The number of nitrogens with one attached hydrogen (secondary N) is 1. The van der Waals surface area contributed by atoms with Crippen LogP contribution in [0.3, 0.4) is 0 Å². The molecule has 1 N–H and O–H groups in total. The first-order chi connectivity index (χ1) is 9.96. The Kier molecular flexibility index (Phi) is 4.76. The number of ether oxygens (including phenoxy) is 1. The first kappa shape index (κ1) is 15.7. The minimum atomic E-state index is -3.85. The van der Waals surface area contributed by atoms with Crippen molar-refractivity contribution in [1.29, 1.82) is 0 Å². The molecule has 2 heterocycles. The van der Waals surface area contributed by atoms with Gasteiger partial charge in [0.2, 0.25) is 0 Å². The third-order valence-electron chi connectivity index (χ3n) is 2.75. The molecule has 0 radical (unpaired) electrons. The first-order valence-electron chi connectivity index (χ1n) is 6.14. The molecule has 0 fully saturated rings. The number of nitrogens with zero attached hydrogens (tertiary/aromatic N) is 2. The maximum Gasteiger partial charge on any atom is 0.342 e. The second-order valence-corrected chi connectivity index (χ2v) is 6.99. The highest BCUT2D eigenvalue weighted by Crippen LogP contribution is 2.20. The SMILES string of the molecule is CCOC(=O)c1cn[nH]c1S(=O)(=O)N(C)Cc1ccsc1. The maximum atomic E-state index is 12.5. The Morgan fingerprint density at radius 1 is 1.52 bits per heavy atom. The molecule has 2 aromatic rings. The Morgan fingerprint density at radius 3 is 2.90 bits per heavy atom. The number of carbonyl (C=O) groups is 1. The van der Waals surface area contributed by atoms with Crippen molar-refractivity contribution in [2.24, 2.45) is 0 Å². The van der Waals surface area contributed by atoms with Crippen molar-refractivity contribution in [2.75, 3.05) is 13.7 Å². The summed E-state index contributed by atoms with van der Waals surface area (Å²) in [5.74, 6) is -0.714. The molecule has 0 saturated heterocycles. The average Bonchev–Trinajstić information content (AvgIpc) is 3.09. The summed E-state index contributed by atoms with van der Waals surface area (Å²) in [4.78, 5) is 11.7. The zero-order chi connectivity index (χ0) is 15.5. The summed E-state index contributed by atoms with van der Waals surface area (Å²) in [7, 11) is -2.40. The first-order valence-corrected chi connectivity index (χ1v) is 8.53. The quantitative estimate of drug-likeness (QED) is 0.810. The lowest BCUT2D eigenvalue weighted by atomic mass is 10.3. The number of sulfonamides is 1. The van der Waals surface area contributed by atoms with Gasteiger partial charge in [0, 0.05) is 13.6 Å². The van der Waals surface area contributed by atoms with Crippen LogP contribution in [-0.4, -0.2) is 42.5 Å². The van der Waals surface area contributed by atoms with Gasteiger partial charge in [-0.25, -0.2) is 13.2 Å². The van der Waals surface area contributed by atoms with Crippen LogP contribution in [-0.2, 0) is 21.3 Å². The molecule has 7 nitrogen and oxygen atoms in total. The lowest BCUT2D eigenvalue weighted by molar-refractivity contribution is 0.0521. The van der Waals surface area contributed by atoms with E-state index in [1.54, 1.807) is 6.92 Å². The summed E-state index contributed by atoms with van der Waals surface area (Å²) in [6, 6.07) is 1.84. The topological polar surface area (TPSA) is 92.4 Å². The summed E-state index contributed by atoms with van der Waals surface area (Å²) >= 11 is 1.49. The van der Waals surface area contributed by atoms with Gasteiger partial charge in [-0.2, -0.15) is 20.7 Å². The number of esters is 1. The predicted octanol–water partition coefficient (Wildman–Crippen LogP) is 1.47. The van der Waals surface area contributed by atoms with E-state index in [1.165, 1.54) is 18.4 Å². The summed E-state index contributed by atoms with van der Waals surface area (Å²) in [5.41, 5.74) is 0.789. The van der Waals surface area contributed by atoms with Crippen LogP contribution in [0.25, 0.3) is 0 Å². The summed E-state index contributed by atoms with van der Waals surface area (Å²) in [6.07, 6.45) is 1.16. The van der Waals surface area contributed by atoms with Gasteiger partial charge < -0.3 is 4.74 Å². The molecule has 0 amide bonds. The Morgan fingerprint density at radius 2 is 2.29 bits per heavy atom. The third kappa shape index (κ3) is 3.31. The molecule has 2 rings (SSSR count). The summed E-state index contributed by atoms with van der Waals surface area (Å²) in [6.45, 7) is 2.02. The van der Waals surface area contributed by atoms with Crippen molar-refractivity contribution in [3.05, 3.63) is 34.2 Å². The van der Waals surface area contributed by atoms with Gasteiger partial charge in [0.1, 0.15) is 5.56 Å². The molecular formula is C12H15N3O4S2. The standard InChI is InChI=1S/C12H15N3O4S2/c1-3-19-12(16)10-6-13-14-11(10)21(17,18)15(2)7-9-4-5-20-8-9/h4-6,8H,3,7H2,1-2H3,(H,13,14). The molecule has 0 spiro atoms. The molecule has 9 heteroatoms. The number of aromatic amines is 1. The van der Waals surface area contributed by atoms with Crippen molar-refractivity contribution in [2.45, 2.75) is 18.5 Å². The lowest BCUT2D eigenvalue weighted by Gasteiger charge is -2.16. The van der Waals surface area contributed by atoms with Gasteiger partial charge in [0.15, 0.2) is 5.03 Å². The van der Waals surface area contributed by atoms with E-state index in [4.69, 9.17) is 4.74 Å². The monoisotopic (exact) mass is 329 g/mol. The zero-order valence-corrected chi connectivity index (χ0v) is 13.2. The second kappa shape index (κ2) is 6.37. The van der Waals surface area contributed by atoms with Crippen molar-refractivity contribution in [1.82, 2.24) is 14.5 Å². The van der Waals surface area contributed by atoms with Gasteiger partial charge in [-0.3, -0.25) is 5.10 Å². The predicted molar refractivity (Wildman–Crippen MR) is 77.5 cm³/mol. The maximum absolute atomic E-state index is 12.5. The van der Waals surface area contributed by atoms with Crippen molar-refractivity contribution < 1.29 is 17.9 Å². The highest BCUT2D eigenvalue weighted by molar-refractivity contribution is 7.89. The number of hydrogen-bond donors (Lipinski definition) is 1. The summed E-state index contributed by atoms with van der Waals surface area (Å²) in [5, 5.41) is 9.50. The van der Waals surface area contributed by atoms with Crippen LogP contribution >= 0.6 is 11.3 Å². The smallest absolute Gasteiger partial charge is 0.342 e. The normalized spacial score (nSPS) is 11.8. The van der Waals surface area contributed by atoms with Crippen LogP contribution in [0.2, 0.25) is 0 Å². The molecule has 0 atom stereocenters. The Labute approximate surface area is 126 Å². The molecule has 114 valence electrons. The highest BCUT2D eigenvalue weighted by atomic mass is 32.2. The molecule has 21 heavy (non-hydrogen) atoms. The largest absolute Gasteiger partial charge is 0.462 e. The van der Waals surface area contributed by atoms with E-state index in [-0.39, 0.29) is 23.7 Å². The van der Waals surface area contributed by atoms with Crippen molar-refractivity contribution >= 4 is 27.3 Å². The number of carbonyl (C=O) groups excluding carboxylic acids is 1. The Hall–Kier alpha value is -1.71.